The van der Waals surface area contributed by atoms with Crippen LogP contribution in [0.4, 0.5) is 5.82 Å². The van der Waals surface area contributed by atoms with E-state index in [0.29, 0.717) is 11.1 Å². The van der Waals surface area contributed by atoms with Gasteiger partial charge in [0.1, 0.15) is 5.82 Å². The van der Waals surface area contributed by atoms with E-state index in [4.69, 9.17) is 11.6 Å². The Bertz CT molecular complexity index is 769. The summed E-state index contributed by atoms with van der Waals surface area (Å²) in [5, 5.41) is 7.59. The lowest BCUT2D eigenvalue weighted by Gasteiger charge is -2.20. The van der Waals surface area contributed by atoms with Crippen LogP contribution in [0.3, 0.4) is 0 Å². The minimum absolute atomic E-state index is 0. The van der Waals surface area contributed by atoms with Gasteiger partial charge in [-0.25, -0.2) is 4.98 Å². The summed E-state index contributed by atoms with van der Waals surface area (Å²) >= 11 is 6.26. The lowest BCUT2D eigenvalue weighted by atomic mass is 10.1. The lowest BCUT2D eigenvalue weighted by Crippen LogP contribution is -2.45. The zero-order valence-electron chi connectivity index (χ0n) is 15.7. The summed E-state index contributed by atoms with van der Waals surface area (Å²) in [6, 6.07) is 6.13. The maximum Gasteiger partial charge on any atom is 0.191 e. The van der Waals surface area contributed by atoms with Crippen LogP contribution in [0.1, 0.15) is 17.5 Å². The van der Waals surface area contributed by atoms with Crippen molar-refractivity contribution in [3.05, 3.63) is 52.9 Å². The number of nitrogens with one attached hydrogen (secondary N) is 2. The third-order valence-corrected chi connectivity index (χ3v) is 4.91. The van der Waals surface area contributed by atoms with E-state index >= 15 is 0 Å². The van der Waals surface area contributed by atoms with Gasteiger partial charge in [0.25, 0.3) is 0 Å². The van der Waals surface area contributed by atoms with Crippen molar-refractivity contribution in [3.8, 4) is 0 Å². The number of guanidine groups is 1. The molecule has 146 valence electrons. The summed E-state index contributed by atoms with van der Waals surface area (Å²) in [5.74, 6) is 1.69. The molecule has 0 spiro atoms. The van der Waals surface area contributed by atoms with E-state index in [1.165, 1.54) is 11.1 Å². The van der Waals surface area contributed by atoms with Crippen LogP contribution in [0.2, 0.25) is 5.02 Å². The van der Waals surface area contributed by atoms with Crippen LogP contribution >= 0.6 is 35.6 Å². The molecule has 1 aliphatic heterocycles. The standard InChI is InChI=1S/C19H25ClN6.HI/c1-14-12-22-9-5-15(14)6-10-24-19(21-2)25-16-7-11-26(13-16)18-17(20)4-3-8-23-18;/h3-5,8-9,12,16H,6-7,10-11,13H2,1-2H3,(H2,21,24,25);1H. The van der Waals surface area contributed by atoms with E-state index in [1.54, 1.807) is 13.2 Å². The quantitative estimate of drug-likeness (QED) is 0.375. The number of rotatable bonds is 5. The summed E-state index contributed by atoms with van der Waals surface area (Å²) < 4.78 is 0. The van der Waals surface area contributed by atoms with Gasteiger partial charge >= 0.3 is 0 Å². The van der Waals surface area contributed by atoms with E-state index < -0.39 is 0 Å². The Labute approximate surface area is 182 Å². The van der Waals surface area contributed by atoms with Gasteiger partial charge in [-0.05, 0) is 49.1 Å². The Morgan fingerprint density at radius 3 is 2.96 bits per heavy atom. The second kappa shape index (κ2) is 10.7. The minimum atomic E-state index is 0. The molecule has 27 heavy (non-hydrogen) atoms. The summed E-state index contributed by atoms with van der Waals surface area (Å²) in [6.07, 6.45) is 7.49. The first-order chi connectivity index (χ1) is 12.7. The molecule has 1 atom stereocenters. The van der Waals surface area contributed by atoms with Crippen molar-refractivity contribution in [1.82, 2.24) is 20.6 Å². The molecule has 3 heterocycles. The highest BCUT2D eigenvalue weighted by Crippen LogP contribution is 2.25. The van der Waals surface area contributed by atoms with Gasteiger partial charge < -0.3 is 15.5 Å². The van der Waals surface area contributed by atoms with Gasteiger partial charge in [0.15, 0.2) is 5.96 Å². The fraction of sp³-hybridized carbons (Fsp3) is 0.421. The molecular formula is C19H26ClIN6. The molecule has 6 nitrogen and oxygen atoms in total. The number of hydrogen-bond acceptors (Lipinski definition) is 4. The SMILES string of the molecule is CN=C(NCCc1ccncc1C)NC1CCN(c2ncccc2Cl)C1.I. The van der Waals surface area contributed by atoms with E-state index in [2.05, 4.69) is 43.5 Å². The zero-order valence-corrected chi connectivity index (χ0v) is 18.7. The van der Waals surface area contributed by atoms with Crippen LogP contribution in [0.5, 0.6) is 0 Å². The fourth-order valence-electron chi connectivity index (χ4n) is 3.17. The average molecular weight is 501 g/mol. The van der Waals surface area contributed by atoms with Crippen molar-refractivity contribution >= 4 is 47.4 Å². The maximum atomic E-state index is 6.26. The van der Waals surface area contributed by atoms with Gasteiger partial charge in [-0.15, -0.1) is 24.0 Å². The first-order valence-corrected chi connectivity index (χ1v) is 9.27. The molecule has 0 saturated carbocycles. The predicted molar refractivity (Wildman–Crippen MR) is 122 cm³/mol. The topological polar surface area (TPSA) is 65.4 Å². The molecule has 0 amide bonds. The number of anilines is 1. The molecule has 1 aliphatic rings. The molecular weight excluding hydrogens is 475 g/mol. The molecule has 0 radical (unpaired) electrons. The van der Waals surface area contributed by atoms with Gasteiger partial charge in [0.2, 0.25) is 0 Å². The Kier molecular flexibility index (Phi) is 8.56. The summed E-state index contributed by atoms with van der Waals surface area (Å²) in [7, 11) is 1.80. The first-order valence-electron chi connectivity index (χ1n) is 8.89. The van der Waals surface area contributed by atoms with Gasteiger partial charge in [-0.1, -0.05) is 11.6 Å². The smallest absolute Gasteiger partial charge is 0.191 e. The molecule has 2 N–H and O–H groups in total. The minimum Gasteiger partial charge on any atom is -0.356 e. The molecule has 2 aromatic rings. The fourth-order valence-corrected chi connectivity index (χ4v) is 3.41. The Balaban J connectivity index is 0.00000261. The van der Waals surface area contributed by atoms with E-state index in [9.17, 15) is 0 Å². The first kappa shape index (κ1) is 21.7. The Morgan fingerprint density at radius 2 is 2.22 bits per heavy atom. The molecule has 2 aromatic heterocycles. The van der Waals surface area contributed by atoms with Gasteiger partial charge in [-0.2, -0.15) is 0 Å². The molecule has 1 saturated heterocycles. The van der Waals surface area contributed by atoms with Crippen LogP contribution in [0.15, 0.2) is 41.8 Å². The monoisotopic (exact) mass is 500 g/mol. The molecule has 0 aromatic carbocycles. The van der Waals surface area contributed by atoms with Crippen molar-refractivity contribution < 1.29 is 0 Å². The zero-order chi connectivity index (χ0) is 18.4. The summed E-state index contributed by atoms with van der Waals surface area (Å²) in [6.45, 7) is 4.71. The molecule has 0 aliphatic carbocycles. The number of nitrogens with zero attached hydrogens (tertiary/aromatic N) is 4. The number of pyridine rings is 2. The number of aliphatic imine (C=N–C) groups is 1. The van der Waals surface area contributed by atoms with Crippen LogP contribution < -0.4 is 15.5 Å². The average Bonchev–Trinajstić information content (AvgIpc) is 3.11. The largest absolute Gasteiger partial charge is 0.356 e. The summed E-state index contributed by atoms with van der Waals surface area (Å²) in [4.78, 5) is 15.1. The molecule has 3 rings (SSSR count). The summed E-state index contributed by atoms with van der Waals surface area (Å²) in [5.41, 5.74) is 2.52. The predicted octanol–water partition coefficient (Wildman–Crippen LogP) is 3.04. The van der Waals surface area contributed by atoms with E-state index in [-0.39, 0.29) is 24.0 Å². The normalized spacial score (nSPS) is 16.8. The maximum absolute atomic E-state index is 6.26. The molecule has 8 heteroatoms. The van der Waals surface area contributed by atoms with Crippen molar-refractivity contribution in [2.45, 2.75) is 25.8 Å². The molecule has 1 unspecified atom stereocenters. The van der Waals surface area contributed by atoms with Crippen molar-refractivity contribution in [2.75, 3.05) is 31.6 Å². The highest BCUT2D eigenvalue weighted by Gasteiger charge is 2.25. The molecule has 0 bridgehead atoms. The second-order valence-electron chi connectivity index (χ2n) is 6.44. The second-order valence-corrected chi connectivity index (χ2v) is 6.84. The van der Waals surface area contributed by atoms with Crippen LogP contribution in [0, 0.1) is 6.92 Å². The Hall–Kier alpha value is -1.61. The highest BCUT2D eigenvalue weighted by atomic mass is 127. The van der Waals surface area contributed by atoms with Crippen molar-refractivity contribution in [3.63, 3.8) is 0 Å². The number of aromatic nitrogens is 2. The third kappa shape index (κ3) is 5.93. The van der Waals surface area contributed by atoms with Gasteiger partial charge in [0.05, 0.1) is 5.02 Å². The van der Waals surface area contributed by atoms with Gasteiger partial charge in [-0.3, -0.25) is 9.98 Å². The van der Waals surface area contributed by atoms with Crippen LogP contribution in [-0.4, -0.2) is 48.7 Å². The van der Waals surface area contributed by atoms with Crippen molar-refractivity contribution in [1.29, 1.82) is 0 Å². The Morgan fingerprint density at radius 1 is 1.37 bits per heavy atom. The third-order valence-electron chi connectivity index (χ3n) is 4.61. The highest BCUT2D eigenvalue weighted by molar-refractivity contribution is 14.0. The van der Waals surface area contributed by atoms with Crippen molar-refractivity contribution in [2.24, 2.45) is 4.99 Å². The molecule has 1 fully saturated rings. The number of halogens is 2. The number of aryl methyl sites for hydroxylation is 1. The van der Waals surface area contributed by atoms with Gasteiger partial charge in [0, 0.05) is 51.3 Å². The lowest BCUT2D eigenvalue weighted by molar-refractivity contribution is 0.648. The van der Waals surface area contributed by atoms with Crippen LogP contribution in [-0.2, 0) is 6.42 Å². The number of hydrogen-bond donors (Lipinski definition) is 2. The van der Waals surface area contributed by atoms with E-state index in [0.717, 1.165) is 44.3 Å². The van der Waals surface area contributed by atoms with E-state index in [1.807, 2.05) is 24.5 Å². The van der Waals surface area contributed by atoms with Crippen LogP contribution in [0.25, 0.3) is 0 Å².